The number of amides is 1. The molecular weight excluding hydrogens is 448 g/mol. The summed E-state index contributed by atoms with van der Waals surface area (Å²) >= 11 is 11.6. The van der Waals surface area contributed by atoms with Crippen molar-refractivity contribution < 1.29 is 27.5 Å². The average molecular weight is 459 g/mol. The Balaban J connectivity index is 1.75. The number of benzene rings is 2. The molecule has 3 rings (SSSR count). The molecule has 12 heteroatoms. The van der Waals surface area contributed by atoms with Crippen LogP contribution >= 0.6 is 23.2 Å². The number of ether oxygens (including phenoxy) is 1. The van der Waals surface area contributed by atoms with Gasteiger partial charge in [0.1, 0.15) is 12.7 Å². The largest absolute Gasteiger partial charge is 0.452 e. The van der Waals surface area contributed by atoms with Crippen molar-refractivity contribution >= 4 is 40.8 Å². The topological polar surface area (TPSA) is 86.1 Å². The molecule has 1 heterocycles. The van der Waals surface area contributed by atoms with Crippen molar-refractivity contribution in [2.24, 2.45) is 0 Å². The Morgan fingerprint density at radius 1 is 1.10 bits per heavy atom. The van der Waals surface area contributed by atoms with Crippen LogP contribution in [0.5, 0.6) is 0 Å². The lowest BCUT2D eigenvalue weighted by Crippen LogP contribution is -2.22. The maximum absolute atomic E-state index is 13.0. The lowest BCUT2D eigenvalue weighted by atomic mass is 10.1. The van der Waals surface area contributed by atoms with Gasteiger partial charge in [-0.05, 0) is 36.4 Å². The number of nitrogens with one attached hydrogen (secondary N) is 1. The molecule has 1 N–H and O–H groups in total. The van der Waals surface area contributed by atoms with E-state index in [1.54, 1.807) is 0 Å². The van der Waals surface area contributed by atoms with Crippen LogP contribution in [0.3, 0.4) is 0 Å². The number of esters is 1. The Morgan fingerprint density at radius 3 is 2.50 bits per heavy atom. The van der Waals surface area contributed by atoms with Crippen molar-refractivity contribution in [3.63, 3.8) is 0 Å². The summed E-state index contributed by atoms with van der Waals surface area (Å²) < 4.78 is 45.2. The van der Waals surface area contributed by atoms with Gasteiger partial charge >= 0.3 is 12.1 Å². The highest BCUT2D eigenvalue weighted by molar-refractivity contribution is 6.42. The summed E-state index contributed by atoms with van der Waals surface area (Å²) in [5, 5.41) is 6.48. The lowest BCUT2D eigenvalue weighted by molar-refractivity contribution is -0.137. The highest BCUT2D eigenvalue weighted by Crippen LogP contribution is 2.33. The van der Waals surface area contributed by atoms with Gasteiger partial charge in [-0.2, -0.15) is 18.3 Å². The first kappa shape index (κ1) is 21.6. The van der Waals surface area contributed by atoms with Crippen LogP contribution < -0.4 is 5.32 Å². The molecule has 0 atom stereocenters. The van der Waals surface area contributed by atoms with Crippen LogP contribution in [0.2, 0.25) is 10.0 Å². The number of hydrogen-bond acceptors (Lipinski definition) is 5. The van der Waals surface area contributed by atoms with Crippen LogP contribution in [-0.4, -0.2) is 33.2 Å². The fraction of sp³-hybridized carbons (Fsp3) is 0.111. The molecule has 0 fully saturated rings. The molecule has 0 unspecified atom stereocenters. The zero-order valence-corrected chi connectivity index (χ0v) is 16.3. The molecule has 7 nitrogen and oxygen atoms in total. The van der Waals surface area contributed by atoms with Crippen LogP contribution in [-0.2, 0) is 15.7 Å². The van der Waals surface area contributed by atoms with Gasteiger partial charge in [0.25, 0.3) is 5.91 Å². The highest BCUT2D eigenvalue weighted by Gasteiger charge is 2.31. The van der Waals surface area contributed by atoms with Gasteiger partial charge in [0.2, 0.25) is 0 Å². The van der Waals surface area contributed by atoms with Gasteiger partial charge in [-0.25, -0.2) is 14.5 Å². The number of halogens is 5. The molecule has 0 spiro atoms. The van der Waals surface area contributed by atoms with Crippen LogP contribution in [0.15, 0.2) is 49.1 Å². The van der Waals surface area contributed by atoms with E-state index in [4.69, 9.17) is 27.9 Å². The fourth-order valence-corrected chi connectivity index (χ4v) is 2.67. The third kappa shape index (κ3) is 5.08. The third-order valence-electron chi connectivity index (χ3n) is 3.75. The lowest BCUT2D eigenvalue weighted by Gasteiger charge is -2.14. The molecule has 0 saturated carbocycles. The maximum atomic E-state index is 13.0. The number of anilines is 1. The SMILES string of the molecule is O=C(COC(=O)c1ccc(Cl)c(Cl)c1)Nc1cc(C(F)(F)F)ccc1-n1cncn1. The Labute approximate surface area is 177 Å². The minimum atomic E-state index is -4.62. The Morgan fingerprint density at radius 2 is 1.87 bits per heavy atom. The van der Waals surface area contributed by atoms with Gasteiger partial charge in [0.15, 0.2) is 6.61 Å². The number of hydrogen-bond donors (Lipinski definition) is 1. The van der Waals surface area contributed by atoms with E-state index in [1.807, 2.05) is 0 Å². The van der Waals surface area contributed by atoms with Crippen molar-refractivity contribution in [3.8, 4) is 5.69 Å². The predicted octanol–water partition coefficient (Wildman–Crippen LogP) is 4.39. The summed E-state index contributed by atoms with van der Waals surface area (Å²) in [5.41, 5.74) is -0.968. The first-order valence-electron chi connectivity index (χ1n) is 8.13. The smallest absolute Gasteiger partial charge is 0.416 e. The highest BCUT2D eigenvalue weighted by atomic mass is 35.5. The molecule has 0 aliphatic heterocycles. The molecule has 0 aliphatic rings. The Hall–Kier alpha value is -3.11. The number of rotatable bonds is 5. The van der Waals surface area contributed by atoms with Crippen LogP contribution in [0.1, 0.15) is 15.9 Å². The molecule has 156 valence electrons. The number of alkyl halides is 3. The molecule has 2 aromatic carbocycles. The van der Waals surface area contributed by atoms with E-state index in [0.717, 1.165) is 18.2 Å². The van der Waals surface area contributed by atoms with E-state index in [1.165, 1.54) is 35.5 Å². The van der Waals surface area contributed by atoms with Gasteiger partial charge in [0.05, 0.1) is 32.5 Å². The van der Waals surface area contributed by atoms with E-state index >= 15 is 0 Å². The van der Waals surface area contributed by atoms with Crippen molar-refractivity contribution in [1.82, 2.24) is 14.8 Å². The van der Waals surface area contributed by atoms with E-state index in [0.29, 0.717) is 0 Å². The first-order chi connectivity index (χ1) is 14.1. The minimum absolute atomic E-state index is 0.0552. The molecule has 1 amide bonds. The summed E-state index contributed by atoms with van der Waals surface area (Å²) in [6.07, 6.45) is -2.19. The first-order valence-corrected chi connectivity index (χ1v) is 8.89. The molecule has 0 aliphatic carbocycles. The van der Waals surface area contributed by atoms with Crippen molar-refractivity contribution in [3.05, 3.63) is 70.2 Å². The molecular formula is C18H11Cl2F3N4O3. The second-order valence-corrected chi connectivity index (χ2v) is 6.64. The Bertz CT molecular complexity index is 1090. The van der Waals surface area contributed by atoms with E-state index in [-0.39, 0.29) is 27.0 Å². The predicted molar refractivity (Wildman–Crippen MR) is 102 cm³/mol. The second-order valence-electron chi connectivity index (χ2n) is 5.82. The average Bonchev–Trinajstić information content (AvgIpc) is 3.22. The third-order valence-corrected chi connectivity index (χ3v) is 4.49. The van der Waals surface area contributed by atoms with Gasteiger partial charge < -0.3 is 10.1 Å². The quantitative estimate of drug-likeness (QED) is 0.573. The van der Waals surface area contributed by atoms with Crippen molar-refractivity contribution in [2.45, 2.75) is 6.18 Å². The van der Waals surface area contributed by atoms with Gasteiger partial charge in [-0.3, -0.25) is 4.79 Å². The number of carbonyl (C=O) groups is 2. The van der Waals surface area contributed by atoms with Gasteiger partial charge in [0, 0.05) is 0 Å². The summed E-state index contributed by atoms with van der Waals surface area (Å²) in [5.74, 6) is -1.71. The summed E-state index contributed by atoms with van der Waals surface area (Å²) in [4.78, 5) is 27.9. The Kier molecular flexibility index (Phi) is 6.28. The zero-order valence-electron chi connectivity index (χ0n) is 14.8. The summed E-state index contributed by atoms with van der Waals surface area (Å²) in [6, 6.07) is 6.72. The number of carbonyl (C=O) groups excluding carboxylic acids is 2. The molecule has 0 saturated heterocycles. The van der Waals surface area contributed by atoms with Gasteiger partial charge in [-0.1, -0.05) is 23.2 Å². The fourth-order valence-electron chi connectivity index (χ4n) is 2.37. The monoisotopic (exact) mass is 458 g/mol. The van der Waals surface area contributed by atoms with Crippen molar-refractivity contribution in [1.29, 1.82) is 0 Å². The molecule has 0 bridgehead atoms. The molecule has 3 aromatic rings. The number of aromatic nitrogens is 3. The van der Waals surface area contributed by atoms with Crippen LogP contribution in [0, 0.1) is 0 Å². The zero-order chi connectivity index (χ0) is 21.9. The van der Waals surface area contributed by atoms with E-state index < -0.39 is 30.2 Å². The van der Waals surface area contributed by atoms with E-state index in [9.17, 15) is 22.8 Å². The molecule has 1 aromatic heterocycles. The van der Waals surface area contributed by atoms with Crippen LogP contribution in [0.4, 0.5) is 18.9 Å². The maximum Gasteiger partial charge on any atom is 0.416 e. The normalized spacial score (nSPS) is 11.2. The second kappa shape index (κ2) is 8.72. The number of nitrogens with zero attached hydrogens (tertiary/aromatic N) is 3. The minimum Gasteiger partial charge on any atom is -0.452 e. The van der Waals surface area contributed by atoms with Crippen LogP contribution in [0.25, 0.3) is 5.69 Å². The molecule has 0 radical (unpaired) electrons. The summed E-state index contributed by atoms with van der Waals surface area (Å²) in [7, 11) is 0. The molecule has 30 heavy (non-hydrogen) atoms. The van der Waals surface area contributed by atoms with E-state index in [2.05, 4.69) is 15.4 Å². The van der Waals surface area contributed by atoms with Gasteiger partial charge in [-0.15, -0.1) is 0 Å². The van der Waals surface area contributed by atoms with Crippen molar-refractivity contribution in [2.75, 3.05) is 11.9 Å². The standard InChI is InChI=1S/C18H11Cl2F3N4O3/c19-12-3-1-10(5-13(12)20)17(29)30-7-16(28)26-14-6-11(18(21,22)23)2-4-15(14)27-9-24-8-25-27/h1-6,8-9H,7H2,(H,26,28). The summed E-state index contributed by atoms with van der Waals surface area (Å²) in [6.45, 7) is -0.744.